The van der Waals surface area contributed by atoms with Gasteiger partial charge in [-0.15, -0.1) is 11.6 Å². The van der Waals surface area contributed by atoms with Crippen molar-refractivity contribution in [2.75, 3.05) is 13.1 Å². The normalized spacial score (nSPS) is 24.1. The van der Waals surface area contributed by atoms with Crippen molar-refractivity contribution in [1.29, 1.82) is 0 Å². The van der Waals surface area contributed by atoms with E-state index in [0.717, 1.165) is 12.5 Å². The Morgan fingerprint density at radius 2 is 2.28 bits per heavy atom. The van der Waals surface area contributed by atoms with Crippen molar-refractivity contribution in [3.8, 4) is 5.75 Å². The number of carbonyl (C=O) groups is 1. The summed E-state index contributed by atoms with van der Waals surface area (Å²) in [6, 6.07) is 3.43. The molecule has 1 heterocycles. The fourth-order valence-corrected chi connectivity index (χ4v) is 2.33. The highest BCUT2D eigenvalue weighted by Crippen LogP contribution is 2.25. The van der Waals surface area contributed by atoms with E-state index in [1.165, 1.54) is 12.1 Å². The Morgan fingerprint density at radius 1 is 1.56 bits per heavy atom. The summed E-state index contributed by atoms with van der Waals surface area (Å²) in [4.78, 5) is 13.8. The van der Waals surface area contributed by atoms with E-state index in [1.807, 2.05) is 6.92 Å². The summed E-state index contributed by atoms with van der Waals surface area (Å²) in [5.74, 6) is -0.938. The summed E-state index contributed by atoms with van der Waals surface area (Å²) < 4.78 is 12.9. The third-order valence-electron chi connectivity index (χ3n) is 3.28. The smallest absolute Gasteiger partial charge is 0.257 e. The molecule has 1 aromatic rings. The van der Waals surface area contributed by atoms with Crippen LogP contribution in [-0.2, 0) is 0 Å². The molecule has 0 spiro atoms. The molecular weight excluding hydrogens is 257 g/mol. The molecule has 0 aliphatic carbocycles. The van der Waals surface area contributed by atoms with Gasteiger partial charge in [0.25, 0.3) is 5.91 Å². The maximum absolute atomic E-state index is 12.9. The van der Waals surface area contributed by atoms with Crippen molar-refractivity contribution in [1.82, 2.24) is 4.90 Å². The molecule has 0 radical (unpaired) electrons. The summed E-state index contributed by atoms with van der Waals surface area (Å²) in [5, 5.41) is 9.68. The van der Waals surface area contributed by atoms with E-state index in [2.05, 4.69) is 0 Å². The molecule has 2 atom stereocenters. The van der Waals surface area contributed by atoms with Crippen molar-refractivity contribution < 1.29 is 14.3 Å². The van der Waals surface area contributed by atoms with Crippen LogP contribution in [0, 0.1) is 11.7 Å². The molecule has 18 heavy (non-hydrogen) atoms. The minimum absolute atomic E-state index is 0.0795. The summed E-state index contributed by atoms with van der Waals surface area (Å²) >= 11 is 6.10. The van der Waals surface area contributed by atoms with Crippen molar-refractivity contribution in [2.24, 2.45) is 5.92 Å². The number of hydrogen-bond acceptors (Lipinski definition) is 2. The molecule has 5 heteroatoms. The molecule has 3 nitrogen and oxygen atoms in total. The van der Waals surface area contributed by atoms with Gasteiger partial charge in [-0.3, -0.25) is 4.79 Å². The molecule has 98 valence electrons. The topological polar surface area (TPSA) is 40.5 Å². The second-order valence-corrected chi connectivity index (χ2v) is 5.26. The van der Waals surface area contributed by atoms with E-state index < -0.39 is 5.82 Å². The minimum atomic E-state index is -0.558. The van der Waals surface area contributed by atoms with E-state index >= 15 is 0 Å². The van der Waals surface area contributed by atoms with E-state index in [1.54, 1.807) is 4.90 Å². The second-order valence-electron chi connectivity index (χ2n) is 4.69. The third-order valence-corrected chi connectivity index (χ3v) is 3.93. The summed E-state index contributed by atoms with van der Waals surface area (Å²) in [7, 11) is 0. The Labute approximate surface area is 110 Å². The molecule has 1 aliphatic heterocycles. The third kappa shape index (κ3) is 2.58. The minimum Gasteiger partial charge on any atom is -0.507 e. The van der Waals surface area contributed by atoms with E-state index in [0.29, 0.717) is 13.1 Å². The number of piperidine rings is 1. The first kappa shape index (κ1) is 13.1. The lowest BCUT2D eigenvalue weighted by atomic mass is 9.98. The average Bonchev–Trinajstić information content (AvgIpc) is 2.32. The lowest BCUT2D eigenvalue weighted by Crippen LogP contribution is -2.43. The fourth-order valence-electron chi connectivity index (χ4n) is 2.16. The van der Waals surface area contributed by atoms with Crippen LogP contribution in [0.3, 0.4) is 0 Å². The van der Waals surface area contributed by atoms with Crippen LogP contribution in [0.2, 0.25) is 0 Å². The molecule has 1 saturated heterocycles. The molecule has 2 rings (SSSR count). The van der Waals surface area contributed by atoms with Crippen LogP contribution in [0.15, 0.2) is 18.2 Å². The number of phenolic OH excluding ortho intramolecular Hbond substituents is 1. The molecule has 0 bridgehead atoms. The van der Waals surface area contributed by atoms with Gasteiger partial charge < -0.3 is 10.0 Å². The summed E-state index contributed by atoms with van der Waals surface area (Å²) in [5.41, 5.74) is 0.136. The van der Waals surface area contributed by atoms with Crippen LogP contribution >= 0.6 is 11.6 Å². The van der Waals surface area contributed by atoms with Gasteiger partial charge in [0.05, 0.1) is 5.56 Å². The molecule has 0 aromatic heterocycles. The highest BCUT2D eigenvalue weighted by atomic mass is 35.5. The molecule has 1 aromatic carbocycles. The zero-order chi connectivity index (χ0) is 13.3. The monoisotopic (exact) mass is 271 g/mol. The summed E-state index contributed by atoms with van der Waals surface area (Å²) in [6.45, 7) is 3.11. The van der Waals surface area contributed by atoms with Crippen LogP contribution < -0.4 is 0 Å². The van der Waals surface area contributed by atoms with Gasteiger partial charge in [0.1, 0.15) is 11.6 Å². The Hall–Kier alpha value is -1.29. The quantitative estimate of drug-likeness (QED) is 0.798. The van der Waals surface area contributed by atoms with Gasteiger partial charge in [0.15, 0.2) is 0 Å². The first-order valence-corrected chi connectivity index (χ1v) is 6.34. The zero-order valence-electron chi connectivity index (χ0n) is 10.1. The first-order valence-electron chi connectivity index (χ1n) is 5.91. The molecule has 1 N–H and O–H groups in total. The Kier molecular flexibility index (Phi) is 3.76. The number of carbonyl (C=O) groups excluding carboxylic acids is 1. The Balaban J connectivity index is 2.16. The lowest BCUT2D eigenvalue weighted by molar-refractivity contribution is 0.0684. The lowest BCUT2D eigenvalue weighted by Gasteiger charge is -2.34. The molecule has 1 amide bonds. The van der Waals surface area contributed by atoms with Gasteiger partial charge >= 0.3 is 0 Å². The van der Waals surface area contributed by atoms with Crippen molar-refractivity contribution in [2.45, 2.75) is 18.7 Å². The van der Waals surface area contributed by atoms with Crippen molar-refractivity contribution >= 4 is 17.5 Å². The van der Waals surface area contributed by atoms with Crippen LogP contribution in [-0.4, -0.2) is 34.4 Å². The number of likely N-dealkylation sites (tertiary alicyclic amines) is 1. The number of amides is 1. The zero-order valence-corrected chi connectivity index (χ0v) is 10.8. The van der Waals surface area contributed by atoms with Crippen LogP contribution in [0.4, 0.5) is 4.39 Å². The SMILES string of the molecule is CC1CN(C(=O)c2ccc(F)cc2O)CCC1Cl. The van der Waals surface area contributed by atoms with E-state index in [4.69, 9.17) is 11.6 Å². The fraction of sp³-hybridized carbons (Fsp3) is 0.462. The number of alkyl halides is 1. The van der Waals surface area contributed by atoms with Gasteiger partial charge in [0, 0.05) is 24.5 Å². The van der Waals surface area contributed by atoms with Crippen LogP contribution in [0.1, 0.15) is 23.7 Å². The number of hydrogen-bond donors (Lipinski definition) is 1. The number of halogens is 2. The molecule has 1 aliphatic rings. The largest absolute Gasteiger partial charge is 0.507 e. The molecule has 2 unspecified atom stereocenters. The summed E-state index contributed by atoms with van der Waals surface area (Å²) in [6.07, 6.45) is 0.733. The van der Waals surface area contributed by atoms with Crippen LogP contribution in [0.25, 0.3) is 0 Å². The average molecular weight is 272 g/mol. The number of benzene rings is 1. The Morgan fingerprint density at radius 3 is 2.89 bits per heavy atom. The number of aromatic hydroxyl groups is 1. The van der Waals surface area contributed by atoms with Crippen molar-refractivity contribution in [3.05, 3.63) is 29.6 Å². The second kappa shape index (κ2) is 5.14. The molecule has 1 fully saturated rings. The maximum Gasteiger partial charge on any atom is 0.257 e. The first-order chi connectivity index (χ1) is 8.49. The Bertz CT molecular complexity index is 466. The van der Waals surface area contributed by atoms with Gasteiger partial charge in [-0.25, -0.2) is 4.39 Å². The number of nitrogens with zero attached hydrogens (tertiary/aromatic N) is 1. The molecular formula is C13H15ClFNO2. The van der Waals surface area contributed by atoms with Crippen LogP contribution in [0.5, 0.6) is 5.75 Å². The highest BCUT2D eigenvalue weighted by Gasteiger charge is 2.28. The van der Waals surface area contributed by atoms with Gasteiger partial charge in [-0.05, 0) is 24.5 Å². The van der Waals surface area contributed by atoms with E-state index in [9.17, 15) is 14.3 Å². The molecule has 0 saturated carbocycles. The predicted octanol–water partition coefficient (Wildman–Crippen LogP) is 2.62. The van der Waals surface area contributed by atoms with E-state index in [-0.39, 0.29) is 28.5 Å². The number of rotatable bonds is 1. The highest BCUT2D eigenvalue weighted by molar-refractivity contribution is 6.20. The standard InChI is InChI=1S/C13H15ClFNO2/c1-8-7-16(5-4-11(8)14)13(18)10-3-2-9(15)6-12(10)17/h2-3,6,8,11,17H,4-5,7H2,1H3. The van der Waals surface area contributed by atoms with Gasteiger partial charge in [-0.2, -0.15) is 0 Å². The van der Waals surface area contributed by atoms with Gasteiger partial charge in [-0.1, -0.05) is 6.92 Å². The predicted molar refractivity (Wildman–Crippen MR) is 67.4 cm³/mol. The van der Waals surface area contributed by atoms with Gasteiger partial charge in [0.2, 0.25) is 0 Å². The number of phenols is 1. The van der Waals surface area contributed by atoms with Crippen molar-refractivity contribution in [3.63, 3.8) is 0 Å². The maximum atomic E-state index is 12.9.